The van der Waals surface area contributed by atoms with Crippen LogP contribution in [-0.2, 0) is 11.5 Å². The van der Waals surface area contributed by atoms with E-state index in [4.69, 9.17) is 4.98 Å². The molecular weight excluding hydrogens is 324 g/mol. The molecule has 6 heteroatoms. The van der Waals surface area contributed by atoms with E-state index in [-0.39, 0.29) is 0 Å². The van der Waals surface area contributed by atoms with Gasteiger partial charge in [0.25, 0.3) is 0 Å². The second-order valence-electron chi connectivity index (χ2n) is 5.77. The average Bonchev–Trinajstić information content (AvgIpc) is 3.18. The second-order valence-corrected chi connectivity index (χ2v) is 7.61. The molecule has 1 saturated carbocycles. The van der Waals surface area contributed by atoms with Gasteiger partial charge in [-0.15, -0.1) is 33.3 Å². The Balaban J connectivity index is 1.38. The third kappa shape index (κ3) is 3.33. The van der Waals surface area contributed by atoms with Crippen LogP contribution in [0.1, 0.15) is 36.2 Å². The van der Waals surface area contributed by atoms with Crippen molar-refractivity contribution in [2.45, 2.75) is 37.3 Å². The molecule has 0 amide bonds. The number of thiazole rings is 1. The zero-order valence-corrected chi connectivity index (χ0v) is 14.6. The summed E-state index contributed by atoms with van der Waals surface area (Å²) in [5.74, 6) is 3.96. The topological polar surface area (TPSA) is 43.6 Å². The van der Waals surface area contributed by atoms with Crippen molar-refractivity contribution in [3.05, 3.63) is 53.1 Å². The van der Waals surface area contributed by atoms with E-state index in [0.717, 1.165) is 33.9 Å². The van der Waals surface area contributed by atoms with Crippen LogP contribution in [0.15, 0.2) is 35.7 Å². The van der Waals surface area contributed by atoms with Gasteiger partial charge in [0.15, 0.2) is 0 Å². The number of thioether (sulfide) groups is 1. The van der Waals surface area contributed by atoms with Crippen molar-refractivity contribution in [1.82, 2.24) is 19.7 Å². The minimum absolute atomic E-state index is 0.643. The zero-order chi connectivity index (χ0) is 15.6. The van der Waals surface area contributed by atoms with Gasteiger partial charge >= 0.3 is 0 Å². The van der Waals surface area contributed by atoms with Crippen molar-refractivity contribution in [3.8, 4) is 10.6 Å². The molecule has 3 aromatic rings. The van der Waals surface area contributed by atoms with E-state index in [9.17, 15) is 0 Å². The second kappa shape index (κ2) is 6.45. The molecule has 0 saturated heterocycles. The zero-order valence-electron chi connectivity index (χ0n) is 13.0. The first-order chi connectivity index (χ1) is 11.3. The molecule has 118 valence electrons. The molecule has 4 nitrogen and oxygen atoms in total. The molecule has 1 aliphatic carbocycles. The number of nitrogens with zero attached hydrogens (tertiary/aromatic N) is 4. The summed E-state index contributed by atoms with van der Waals surface area (Å²) in [6, 6.07) is 11.0. The van der Waals surface area contributed by atoms with Crippen molar-refractivity contribution in [3.63, 3.8) is 0 Å². The Morgan fingerprint density at radius 1 is 1.17 bits per heavy atom. The van der Waals surface area contributed by atoms with Gasteiger partial charge in [0, 0.05) is 22.7 Å². The SMILES string of the molecule is Cc1nnc(CSCc2csc(-c3ccccc3)n2)n1C1CC1. The molecule has 0 unspecified atom stereocenters. The summed E-state index contributed by atoms with van der Waals surface area (Å²) in [6.45, 7) is 2.05. The van der Waals surface area contributed by atoms with Crippen LogP contribution in [-0.4, -0.2) is 19.7 Å². The van der Waals surface area contributed by atoms with Crippen LogP contribution in [0.3, 0.4) is 0 Å². The van der Waals surface area contributed by atoms with Gasteiger partial charge in [-0.25, -0.2) is 4.98 Å². The summed E-state index contributed by atoms with van der Waals surface area (Å²) < 4.78 is 2.31. The van der Waals surface area contributed by atoms with Crippen molar-refractivity contribution in [2.75, 3.05) is 0 Å². The van der Waals surface area contributed by atoms with E-state index >= 15 is 0 Å². The summed E-state index contributed by atoms with van der Waals surface area (Å²) in [6.07, 6.45) is 2.53. The predicted molar refractivity (Wildman–Crippen MR) is 95.6 cm³/mol. The molecule has 0 aliphatic heterocycles. The quantitative estimate of drug-likeness (QED) is 0.662. The maximum atomic E-state index is 4.74. The van der Waals surface area contributed by atoms with E-state index in [1.54, 1.807) is 11.3 Å². The lowest BCUT2D eigenvalue weighted by molar-refractivity contribution is 0.683. The molecule has 4 rings (SSSR count). The highest BCUT2D eigenvalue weighted by molar-refractivity contribution is 7.97. The minimum Gasteiger partial charge on any atom is -0.311 e. The van der Waals surface area contributed by atoms with Crippen LogP contribution in [0, 0.1) is 6.92 Å². The Morgan fingerprint density at radius 3 is 2.78 bits per heavy atom. The number of aromatic nitrogens is 4. The third-order valence-corrected chi connectivity index (χ3v) is 5.80. The lowest BCUT2D eigenvalue weighted by atomic mass is 10.2. The van der Waals surface area contributed by atoms with Gasteiger partial charge in [0.2, 0.25) is 0 Å². The van der Waals surface area contributed by atoms with E-state index in [0.29, 0.717) is 6.04 Å². The van der Waals surface area contributed by atoms with Crippen LogP contribution in [0.2, 0.25) is 0 Å². The van der Waals surface area contributed by atoms with Crippen LogP contribution < -0.4 is 0 Å². The standard InChI is InChI=1S/C17H18N4S2/c1-12-19-20-16(21(12)15-7-8-15)11-22-9-14-10-23-17(18-14)13-5-3-2-4-6-13/h2-6,10,15H,7-9,11H2,1H3. The Labute approximate surface area is 144 Å². The summed E-state index contributed by atoms with van der Waals surface area (Å²) in [5.41, 5.74) is 2.34. The lowest BCUT2D eigenvalue weighted by Crippen LogP contribution is -2.02. The molecule has 2 aromatic heterocycles. The Morgan fingerprint density at radius 2 is 2.00 bits per heavy atom. The van der Waals surface area contributed by atoms with Gasteiger partial charge < -0.3 is 4.57 Å². The smallest absolute Gasteiger partial charge is 0.143 e. The van der Waals surface area contributed by atoms with Gasteiger partial charge in [-0.2, -0.15) is 0 Å². The number of aryl methyl sites for hydroxylation is 1. The van der Waals surface area contributed by atoms with Gasteiger partial charge in [0.05, 0.1) is 11.4 Å². The number of hydrogen-bond acceptors (Lipinski definition) is 5. The molecule has 2 heterocycles. The molecular formula is C17H18N4S2. The summed E-state index contributed by atoms with van der Waals surface area (Å²) in [4.78, 5) is 4.74. The fraction of sp³-hybridized carbons (Fsp3) is 0.353. The van der Waals surface area contributed by atoms with Crippen LogP contribution in [0.25, 0.3) is 10.6 Å². The lowest BCUT2D eigenvalue weighted by Gasteiger charge is -2.05. The molecule has 1 aliphatic rings. The van der Waals surface area contributed by atoms with Crippen LogP contribution in [0.5, 0.6) is 0 Å². The van der Waals surface area contributed by atoms with E-state index in [2.05, 4.69) is 44.4 Å². The van der Waals surface area contributed by atoms with Gasteiger partial charge in [-0.1, -0.05) is 30.3 Å². The first kappa shape index (κ1) is 14.9. The maximum absolute atomic E-state index is 4.74. The molecule has 23 heavy (non-hydrogen) atoms. The fourth-order valence-corrected chi connectivity index (χ4v) is 4.42. The highest BCUT2D eigenvalue weighted by Gasteiger charge is 2.27. The Bertz CT molecular complexity index is 790. The van der Waals surface area contributed by atoms with Gasteiger partial charge in [-0.3, -0.25) is 0 Å². The number of hydrogen-bond donors (Lipinski definition) is 0. The normalized spacial score (nSPS) is 14.3. The summed E-state index contributed by atoms with van der Waals surface area (Å²) in [7, 11) is 0. The molecule has 0 bridgehead atoms. The van der Waals surface area contributed by atoms with Crippen molar-refractivity contribution >= 4 is 23.1 Å². The molecule has 0 N–H and O–H groups in total. The first-order valence-electron chi connectivity index (χ1n) is 7.79. The summed E-state index contributed by atoms with van der Waals surface area (Å²) >= 11 is 3.57. The monoisotopic (exact) mass is 342 g/mol. The van der Waals surface area contributed by atoms with Crippen molar-refractivity contribution < 1.29 is 0 Å². The molecule has 1 fully saturated rings. The predicted octanol–water partition coefficient (Wildman–Crippen LogP) is 4.48. The van der Waals surface area contributed by atoms with Crippen molar-refractivity contribution in [1.29, 1.82) is 0 Å². The van der Waals surface area contributed by atoms with Crippen LogP contribution >= 0.6 is 23.1 Å². The Hall–Kier alpha value is -1.66. The average molecular weight is 342 g/mol. The van der Waals surface area contributed by atoms with Gasteiger partial charge in [-0.05, 0) is 19.8 Å². The molecule has 0 spiro atoms. The molecule has 1 aromatic carbocycles. The van der Waals surface area contributed by atoms with E-state index in [1.165, 1.54) is 18.4 Å². The molecule has 0 atom stereocenters. The molecule has 0 radical (unpaired) electrons. The summed E-state index contributed by atoms with van der Waals surface area (Å²) in [5, 5.41) is 11.8. The number of benzene rings is 1. The largest absolute Gasteiger partial charge is 0.311 e. The Kier molecular flexibility index (Phi) is 4.18. The van der Waals surface area contributed by atoms with E-state index in [1.807, 2.05) is 24.8 Å². The fourth-order valence-electron chi connectivity index (χ4n) is 2.65. The van der Waals surface area contributed by atoms with Crippen LogP contribution in [0.4, 0.5) is 0 Å². The number of rotatable bonds is 6. The van der Waals surface area contributed by atoms with Crippen molar-refractivity contribution in [2.24, 2.45) is 0 Å². The highest BCUT2D eigenvalue weighted by Crippen LogP contribution is 2.37. The third-order valence-electron chi connectivity index (χ3n) is 3.90. The first-order valence-corrected chi connectivity index (χ1v) is 9.82. The maximum Gasteiger partial charge on any atom is 0.143 e. The van der Waals surface area contributed by atoms with Gasteiger partial charge in [0.1, 0.15) is 16.7 Å². The highest BCUT2D eigenvalue weighted by atomic mass is 32.2. The minimum atomic E-state index is 0.643. The van der Waals surface area contributed by atoms with E-state index < -0.39 is 0 Å².